The second-order valence-electron chi connectivity index (χ2n) is 5.82. The van der Waals surface area contributed by atoms with Crippen molar-refractivity contribution in [1.82, 2.24) is 10.6 Å². The topological polar surface area (TPSA) is 58.2 Å². The molecule has 4 heteroatoms. The van der Waals surface area contributed by atoms with Gasteiger partial charge in [0.05, 0.1) is 0 Å². The Bertz CT molecular complexity index is 311. The lowest BCUT2D eigenvalue weighted by molar-refractivity contribution is -0.123. The van der Waals surface area contributed by atoms with E-state index in [1.807, 2.05) is 0 Å². The molecule has 2 rings (SSSR count). The molecule has 0 aliphatic heterocycles. The molecule has 2 amide bonds. The van der Waals surface area contributed by atoms with Crippen molar-refractivity contribution in [3.8, 4) is 0 Å². The summed E-state index contributed by atoms with van der Waals surface area (Å²) >= 11 is 0. The van der Waals surface area contributed by atoms with Crippen LogP contribution in [-0.2, 0) is 9.59 Å². The van der Waals surface area contributed by atoms with Crippen molar-refractivity contribution < 1.29 is 9.59 Å². The highest BCUT2D eigenvalue weighted by Gasteiger charge is 2.38. The fourth-order valence-corrected chi connectivity index (χ4v) is 2.68. The highest BCUT2D eigenvalue weighted by molar-refractivity contribution is 5.82. The maximum atomic E-state index is 11.6. The summed E-state index contributed by atoms with van der Waals surface area (Å²) in [7, 11) is 0. The number of hydrogen-bond acceptors (Lipinski definition) is 2. The third kappa shape index (κ3) is 4.00. The molecule has 0 radical (unpaired) electrons. The van der Waals surface area contributed by atoms with E-state index in [2.05, 4.69) is 17.6 Å². The second kappa shape index (κ2) is 6.21. The number of rotatable bonds is 6. The number of hydrogen-bond donors (Lipinski definition) is 2. The molecule has 0 spiro atoms. The zero-order valence-corrected chi connectivity index (χ0v) is 11.2. The molecule has 2 saturated carbocycles. The van der Waals surface area contributed by atoms with Crippen molar-refractivity contribution in [2.24, 2.45) is 17.8 Å². The average molecular weight is 252 g/mol. The van der Waals surface area contributed by atoms with E-state index in [1.165, 1.54) is 25.7 Å². The van der Waals surface area contributed by atoms with Gasteiger partial charge in [-0.25, -0.2) is 0 Å². The first kappa shape index (κ1) is 13.4. The lowest BCUT2D eigenvalue weighted by atomic mass is 10.1. The van der Waals surface area contributed by atoms with Crippen LogP contribution < -0.4 is 10.6 Å². The van der Waals surface area contributed by atoms with E-state index in [4.69, 9.17) is 0 Å². The first-order valence-electron chi connectivity index (χ1n) is 7.21. The zero-order valence-electron chi connectivity index (χ0n) is 11.2. The molecule has 0 aromatic carbocycles. The Morgan fingerprint density at radius 3 is 2.44 bits per heavy atom. The number of carbonyl (C=O) groups is 2. The molecule has 2 atom stereocenters. The van der Waals surface area contributed by atoms with Crippen molar-refractivity contribution in [2.45, 2.75) is 45.4 Å². The van der Waals surface area contributed by atoms with Gasteiger partial charge in [0.2, 0.25) is 11.8 Å². The van der Waals surface area contributed by atoms with Gasteiger partial charge in [-0.15, -0.1) is 0 Å². The van der Waals surface area contributed by atoms with Crippen LogP contribution in [0.3, 0.4) is 0 Å². The molecule has 2 aliphatic rings. The van der Waals surface area contributed by atoms with E-state index in [9.17, 15) is 9.59 Å². The van der Waals surface area contributed by atoms with Crippen LogP contribution >= 0.6 is 0 Å². The van der Waals surface area contributed by atoms with Crippen LogP contribution in [0.15, 0.2) is 0 Å². The molecule has 4 nitrogen and oxygen atoms in total. The standard InChI is InChI=1S/C14H24N2O2/c1-10-8-12(10)14(18)15-7-6-13(17)16-9-11-4-2-3-5-11/h10-12H,2-9H2,1H3,(H,15,18)(H,16,17)/t10-,12+/m0/s1. The average Bonchev–Trinajstić information content (AvgIpc) is 2.88. The minimum atomic E-state index is 0.0612. The van der Waals surface area contributed by atoms with Gasteiger partial charge in [0, 0.05) is 25.4 Å². The highest BCUT2D eigenvalue weighted by atomic mass is 16.2. The van der Waals surface area contributed by atoms with Crippen molar-refractivity contribution in [2.75, 3.05) is 13.1 Å². The Labute approximate surface area is 109 Å². The third-order valence-corrected chi connectivity index (χ3v) is 4.16. The Hall–Kier alpha value is -1.06. The van der Waals surface area contributed by atoms with Crippen molar-refractivity contribution in [3.05, 3.63) is 0 Å². The molecule has 0 saturated heterocycles. The summed E-state index contributed by atoms with van der Waals surface area (Å²) in [5.41, 5.74) is 0. The molecular weight excluding hydrogens is 228 g/mol. The Kier molecular flexibility index (Phi) is 4.61. The third-order valence-electron chi connectivity index (χ3n) is 4.16. The first-order chi connectivity index (χ1) is 8.66. The summed E-state index contributed by atoms with van der Waals surface area (Å²) in [4.78, 5) is 23.1. The van der Waals surface area contributed by atoms with Crippen LogP contribution in [0.5, 0.6) is 0 Å². The molecular formula is C14H24N2O2. The van der Waals surface area contributed by atoms with Crippen LogP contribution in [0, 0.1) is 17.8 Å². The molecule has 18 heavy (non-hydrogen) atoms. The number of nitrogens with one attached hydrogen (secondary N) is 2. The summed E-state index contributed by atoms with van der Waals surface area (Å²) in [5, 5.41) is 5.80. The summed E-state index contributed by atoms with van der Waals surface area (Å²) in [5.74, 6) is 1.58. The molecule has 0 aromatic heterocycles. The summed E-state index contributed by atoms with van der Waals surface area (Å²) < 4.78 is 0. The molecule has 2 N–H and O–H groups in total. The van der Waals surface area contributed by atoms with Crippen molar-refractivity contribution in [1.29, 1.82) is 0 Å². The minimum Gasteiger partial charge on any atom is -0.356 e. The predicted octanol–water partition coefficient (Wildman–Crippen LogP) is 1.46. The lowest BCUT2D eigenvalue weighted by Crippen LogP contribution is -2.33. The molecule has 0 aromatic rings. The quantitative estimate of drug-likeness (QED) is 0.752. The number of amides is 2. The smallest absolute Gasteiger partial charge is 0.223 e. The molecule has 0 heterocycles. The fourth-order valence-electron chi connectivity index (χ4n) is 2.68. The minimum absolute atomic E-state index is 0.0612. The molecule has 102 valence electrons. The van der Waals surface area contributed by atoms with Crippen molar-refractivity contribution in [3.63, 3.8) is 0 Å². The molecule has 0 bridgehead atoms. The fraction of sp³-hybridized carbons (Fsp3) is 0.857. The maximum absolute atomic E-state index is 11.6. The molecule has 0 unspecified atom stereocenters. The van der Waals surface area contributed by atoms with E-state index in [0.29, 0.717) is 24.8 Å². The second-order valence-corrected chi connectivity index (χ2v) is 5.82. The van der Waals surface area contributed by atoms with E-state index in [-0.39, 0.29) is 17.7 Å². The van der Waals surface area contributed by atoms with Gasteiger partial charge in [-0.2, -0.15) is 0 Å². The predicted molar refractivity (Wildman–Crippen MR) is 69.9 cm³/mol. The normalized spacial score (nSPS) is 26.9. The first-order valence-corrected chi connectivity index (χ1v) is 7.21. The Balaban J connectivity index is 1.50. The van der Waals surface area contributed by atoms with Gasteiger partial charge in [-0.3, -0.25) is 9.59 Å². The van der Waals surface area contributed by atoms with Gasteiger partial charge < -0.3 is 10.6 Å². The molecule has 2 aliphatic carbocycles. The van der Waals surface area contributed by atoms with Crippen LogP contribution in [0.2, 0.25) is 0 Å². The van der Waals surface area contributed by atoms with Crippen LogP contribution in [-0.4, -0.2) is 24.9 Å². The monoisotopic (exact) mass is 252 g/mol. The van der Waals surface area contributed by atoms with Gasteiger partial charge >= 0.3 is 0 Å². The van der Waals surface area contributed by atoms with E-state index < -0.39 is 0 Å². The maximum Gasteiger partial charge on any atom is 0.223 e. The van der Waals surface area contributed by atoms with Gasteiger partial charge in [0.1, 0.15) is 0 Å². The van der Waals surface area contributed by atoms with Crippen LogP contribution in [0.4, 0.5) is 0 Å². The summed E-state index contributed by atoms with van der Waals surface area (Å²) in [6.45, 7) is 3.36. The summed E-state index contributed by atoms with van der Waals surface area (Å²) in [6, 6.07) is 0. The van der Waals surface area contributed by atoms with E-state index in [0.717, 1.165) is 13.0 Å². The van der Waals surface area contributed by atoms with E-state index in [1.54, 1.807) is 0 Å². The molecule has 2 fully saturated rings. The van der Waals surface area contributed by atoms with Gasteiger partial charge in [0.25, 0.3) is 0 Å². The summed E-state index contributed by atoms with van der Waals surface area (Å²) in [6.07, 6.45) is 6.50. The van der Waals surface area contributed by atoms with Crippen LogP contribution in [0.1, 0.15) is 45.4 Å². The lowest BCUT2D eigenvalue weighted by Gasteiger charge is -2.10. The zero-order chi connectivity index (χ0) is 13.0. The van der Waals surface area contributed by atoms with Gasteiger partial charge in [-0.05, 0) is 31.1 Å². The highest BCUT2D eigenvalue weighted by Crippen LogP contribution is 2.37. The van der Waals surface area contributed by atoms with Gasteiger partial charge in [0.15, 0.2) is 0 Å². The number of carbonyl (C=O) groups excluding carboxylic acids is 2. The Morgan fingerprint density at radius 1 is 1.17 bits per heavy atom. The van der Waals surface area contributed by atoms with E-state index >= 15 is 0 Å². The SMILES string of the molecule is C[C@H]1C[C@H]1C(=O)NCCC(=O)NCC1CCCC1. The van der Waals surface area contributed by atoms with Crippen LogP contribution in [0.25, 0.3) is 0 Å². The Morgan fingerprint density at radius 2 is 1.83 bits per heavy atom. The van der Waals surface area contributed by atoms with Gasteiger partial charge in [-0.1, -0.05) is 19.8 Å². The van der Waals surface area contributed by atoms with Crippen molar-refractivity contribution >= 4 is 11.8 Å². The largest absolute Gasteiger partial charge is 0.356 e.